The molecule has 1 atom stereocenters. The number of ether oxygens (including phenoxy) is 1. The van der Waals surface area contributed by atoms with Crippen LogP contribution in [-0.4, -0.2) is 22.9 Å². The Bertz CT molecular complexity index is 868. The topological polar surface area (TPSA) is 107 Å². The van der Waals surface area contributed by atoms with Crippen molar-refractivity contribution in [3.63, 3.8) is 0 Å². The third kappa shape index (κ3) is 4.37. The molecule has 0 saturated heterocycles. The van der Waals surface area contributed by atoms with Crippen LogP contribution < -0.4 is 15.8 Å². The van der Waals surface area contributed by atoms with Gasteiger partial charge in [-0.2, -0.15) is 0 Å². The largest absolute Gasteiger partial charge is 0.450 e. The molecule has 0 bridgehead atoms. The van der Waals surface area contributed by atoms with Crippen molar-refractivity contribution in [3.8, 4) is 11.5 Å². The smallest absolute Gasteiger partial charge is 0.313 e. The Morgan fingerprint density at radius 3 is 2.56 bits per heavy atom. The van der Waals surface area contributed by atoms with E-state index in [2.05, 4.69) is 5.32 Å². The molecular weight excluding hydrogens is 370 g/mol. The van der Waals surface area contributed by atoms with Crippen LogP contribution in [0.3, 0.4) is 0 Å². The van der Waals surface area contributed by atoms with Gasteiger partial charge < -0.3 is 15.8 Å². The summed E-state index contributed by atoms with van der Waals surface area (Å²) >= 11 is 5.80. The zero-order valence-corrected chi connectivity index (χ0v) is 15.5. The highest BCUT2D eigenvalue weighted by Crippen LogP contribution is 2.39. The van der Waals surface area contributed by atoms with Crippen molar-refractivity contribution in [1.82, 2.24) is 5.32 Å². The van der Waals surface area contributed by atoms with Crippen molar-refractivity contribution in [2.75, 3.05) is 6.54 Å². The van der Waals surface area contributed by atoms with Gasteiger partial charge in [-0.05, 0) is 62.1 Å². The van der Waals surface area contributed by atoms with E-state index in [0.29, 0.717) is 23.8 Å². The molecule has 2 aromatic carbocycles. The highest BCUT2D eigenvalue weighted by Gasteiger charge is 2.41. The maximum absolute atomic E-state index is 12.5. The fourth-order valence-electron chi connectivity index (χ4n) is 2.89. The van der Waals surface area contributed by atoms with Crippen molar-refractivity contribution < 1.29 is 14.5 Å². The van der Waals surface area contributed by atoms with Crippen LogP contribution in [0, 0.1) is 16.0 Å². The Kier molecular flexibility index (Phi) is 5.34. The summed E-state index contributed by atoms with van der Waals surface area (Å²) in [4.78, 5) is 23.1. The Morgan fingerprint density at radius 1 is 1.33 bits per heavy atom. The van der Waals surface area contributed by atoms with Crippen molar-refractivity contribution in [2.24, 2.45) is 11.7 Å². The summed E-state index contributed by atoms with van der Waals surface area (Å²) in [6, 6.07) is 10.6. The maximum atomic E-state index is 12.5. The molecule has 1 aliphatic rings. The quantitative estimate of drug-likeness (QED) is 0.551. The highest BCUT2D eigenvalue weighted by molar-refractivity contribution is 6.30. The van der Waals surface area contributed by atoms with Gasteiger partial charge >= 0.3 is 5.69 Å². The van der Waals surface area contributed by atoms with Gasteiger partial charge in [0.05, 0.1) is 10.5 Å². The number of hydrogen-bond donors (Lipinski definition) is 2. The van der Waals surface area contributed by atoms with Gasteiger partial charge in [0.1, 0.15) is 5.75 Å². The summed E-state index contributed by atoms with van der Waals surface area (Å²) in [6.07, 6.45) is 2.14. The molecule has 1 saturated carbocycles. The summed E-state index contributed by atoms with van der Waals surface area (Å²) in [7, 11) is 0. The molecule has 0 aliphatic heterocycles. The van der Waals surface area contributed by atoms with Crippen LogP contribution in [0.2, 0.25) is 5.02 Å². The molecule has 1 fully saturated rings. The van der Waals surface area contributed by atoms with Gasteiger partial charge in [-0.25, -0.2) is 0 Å². The lowest BCUT2D eigenvalue weighted by atomic mass is 9.95. The lowest BCUT2D eigenvalue weighted by Gasteiger charge is -2.29. The molecule has 0 aromatic heterocycles. The zero-order chi connectivity index (χ0) is 19.6. The van der Waals surface area contributed by atoms with E-state index in [1.807, 2.05) is 6.92 Å². The number of nitrogens with one attached hydrogen (secondary N) is 1. The molecule has 3 rings (SSSR count). The lowest BCUT2D eigenvalue weighted by Crippen LogP contribution is -2.53. The van der Waals surface area contributed by atoms with Crippen LogP contribution in [0.1, 0.15) is 30.1 Å². The highest BCUT2D eigenvalue weighted by atomic mass is 35.5. The first-order chi connectivity index (χ1) is 12.8. The van der Waals surface area contributed by atoms with E-state index in [1.165, 1.54) is 18.2 Å². The first-order valence-corrected chi connectivity index (χ1v) is 8.94. The number of carbonyl (C=O) groups is 1. The first-order valence-electron chi connectivity index (χ1n) is 8.57. The van der Waals surface area contributed by atoms with Crippen LogP contribution in [-0.2, 0) is 0 Å². The predicted molar refractivity (Wildman–Crippen MR) is 102 cm³/mol. The molecular formula is C19H20ClN3O4. The number of nitro benzene ring substituents is 1. The van der Waals surface area contributed by atoms with Gasteiger partial charge in [0.15, 0.2) is 0 Å². The summed E-state index contributed by atoms with van der Waals surface area (Å²) in [5.41, 5.74) is 5.66. The molecule has 0 heterocycles. The number of nitrogens with two attached hydrogens (primary N) is 1. The Balaban J connectivity index is 1.72. The van der Waals surface area contributed by atoms with E-state index in [4.69, 9.17) is 22.1 Å². The van der Waals surface area contributed by atoms with Crippen molar-refractivity contribution >= 4 is 23.2 Å². The Labute approximate surface area is 161 Å². The Morgan fingerprint density at radius 2 is 2.00 bits per heavy atom. The molecule has 8 heteroatoms. The SMILES string of the molecule is CC(CN)(NC(=O)c1ccc(Oc2ccc(Cl)cc2[N+](=O)[O-])cc1)C1CC1. The van der Waals surface area contributed by atoms with E-state index in [9.17, 15) is 14.9 Å². The summed E-state index contributed by atoms with van der Waals surface area (Å²) < 4.78 is 5.58. The van der Waals surface area contributed by atoms with Crippen molar-refractivity contribution in [3.05, 3.63) is 63.2 Å². The Hall–Kier alpha value is -2.64. The average molecular weight is 390 g/mol. The number of hydrogen-bond acceptors (Lipinski definition) is 5. The van der Waals surface area contributed by atoms with Gasteiger partial charge in [-0.15, -0.1) is 0 Å². The zero-order valence-electron chi connectivity index (χ0n) is 14.8. The molecule has 142 valence electrons. The third-order valence-electron chi connectivity index (χ3n) is 4.76. The van der Waals surface area contributed by atoms with Gasteiger partial charge in [0.2, 0.25) is 5.75 Å². The number of nitro groups is 1. The third-order valence-corrected chi connectivity index (χ3v) is 5.00. The second kappa shape index (κ2) is 7.54. The van der Waals surface area contributed by atoms with Gasteiger partial charge in [0, 0.05) is 23.2 Å². The van der Waals surface area contributed by atoms with Gasteiger partial charge in [0.25, 0.3) is 5.91 Å². The average Bonchev–Trinajstić information content (AvgIpc) is 3.49. The summed E-state index contributed by atoms with van der Waals surface area (Å²) in [6.45, 7) is 2.34. The number of nitrogens with zero attached hydrogens (tertiary/aromatic N) is 1. The monoisotopic (exact) mass is 389 g/mol. The summed E-state index contributed by atoms with van der Waals surface area (Å²) in [5.74, 6) is 0.658. The molecule has 1 aliphatic carbocycles. The van der Waals surface area contributed by atoms with Crippen molar-refractivity contribution in [1.29, 1.82) is 0 Å². The number of carbonyl (C=O) groups excluding carboxylic acids is 1. The molecule has 2 aromatic rings. The van der Waals surface area contributed by atoms with E-state index >= 15 is 0 Å². The standard InChI is InChI=1S/C19H20ClN3O4/c1-19(11-21,13-4-5-13)22-18(24)12-2-7-15(8-3-12)27-17-9-6-14(20)10-16(17)23(25)26/h2-3,6-10,13H,4-5,11,21H2,1H3,(H,22,24). The second-order valence-corrected chi connectivity index (χ2v) is 7.28. The molecule has 0 spiro atoms. The number of benzene rings is 2. The fourth-order valence-corrected chi connectivity index (χ4v) is 3.06. The fraction of sp³-hybridized carbons (Fsp3) is 0.316. The van der Waals surface area contributed by atoms with E-state index in [1.54, 1.807) is 24.3 Å². The van der Waals surface area contributed by atoms with Crippen molar-refractivity contribution in [2.45, 2.75) is 25.3 Å². The van der Waals surface area contributed by atoms with E-state index in [0.717, 1.165) is 12.8 Å². The lowest BCUT2D eigenvalue weighted by molar-refractivity contribution is -0.385. The van der Waals surface area contributed by atoms with Crippen LogP contribution >= 0.6 is 11.6 Å². The van der Waals surface area contributed by atoms with Crippen LogP contribution in [0.4, 0.5) is 5.69 Å². The molecule has 1 unspecified atom stereocenters. The minimum absolute atomic E-state index is 0.0750. The van der Waals surface area contributed by atoms with E-state index in [-0.39, 0.29) is 22.4 Å². The normalized spacial score (nSPS) is 15.7. The van der Waals surface area contributed by atoms with Crippen LogP contribution in [0.25, 0.3) is 0 Å². The summed E-state index contributed by atoms with van der Waals surface area (Å²) in [5, 5.41) is 14.4. The van der Waals surface area contributed by atoms with Crippen LogP contribution in [0.15, 0.2) is 42.5 Å². The molecule has 0 radical (unpaired) electrons. The van der Waals surface area contributed by atoms with Gasteiger partial charge in [-0.1, -0.05) is 11.6 Å². The molecule has 1 amide bonds. The number of halogens is 1. The van der Waals surface area contributed by atoms with E-state index < -0.39 is 10.5 Å². The van der Waals surface area contributed by atoms with Crippen LogP contribution in [0.5, 0.6) is 11.5 Å². The predicted octanol–water partition coefficient (Wildman–Crippen LogP) is 3.90. The van der Waals surface area contributed by atoms with Gasteiger partial charge in [-0.3, -0.25) is 14.9 Å². The number of rotatable bonds is 7. The molecule has 7 nitrogen and oxygen atoms in total. The second-order valence-electron chi connectivity index (χ2n) is 6.85. The number of amides is 1. The first kappa shape index (κ1) is 19.1. The minimum Gasteiger partial charge on any atom is -0.450 e. The minimum atomic E-state index is -0.561. The molecule has 3 N–H and O–H groups in total. The maximum Gasteiger partial charge on any atom is 0.313 e. The molecule has 27 heavy (non-hydrogen) atoms.